The molecule has 11 heteroatoms. The summed E-state index contributed by atoms with van der Waals surface area (Å²) in [5, 5.41) is 2.60. The van der Waals surface area contributed by atoms with E-state index in [1.165, 1.54) is 24.3 Å². The topological polar surface area (TPSA) is 69.7 Å². The van der Waals surface area contributed by atoms with Crippen LogP contribution in [-0.4, -0.2) is 56.3 Å². The zero-order valence-corrected chi connectivity index (χ0v) is 15.9. The predicted octanol–water partition coefficient (Wildman–Crippen LogP) is 2.19. The Morgan fingerprint density at radius 1 is 0.897 bits per heavy atom. The molecule has 0 aliphatic carbocycles. The molecule has 0 unspecified atom stereocenters. The van der Waals surface area contributed by atoms with Crippen molar-refractivity contribution in [3.63, 3.8) is 0 Å². The van der Waals surface area contributed by atoms with Gasteiger partial charge in [-0.15, -0.1) is 0 Å². The van der Waals surface area contributed by atoms with Gasteiger partial charge in [0.1, 0.15) is 10.7 Å². The number of piperazine rings is 1. The molecule has 1 saturated heterocycles. The van der Waals surface area contributed by atoms with Crippen LogP contribution < -0.4 is 5.32 Å². The minimum Gasteiger partial charge on any atom is -0.325 e. The summed E-state index contributed by atoms with van der Waals surface area (Å²) in [6, 6.07) is 6.47. The molecule has 0 bridgehead atoms. The van der Waals surface area contributed by atoms with Crippen molar-refractivity contribution < 1.29 is 30.8 Å². The molecular formula is C18H17F4N3O3S. The average Bonchev–Trinajstić information content (AvgIpc) is 2.68. The van der Waals surface area contributed by atoms with E-state index < -0.39 is 38.2 Å². The van der Waals surface area contributed by atoms with Crippen molar-refractivity contribution in [3.8, 4) is 0 Å². The monoisotopic (exact) mass is 431 g/mol. The minimum absolute atomic E-state index is 0.0230. The second kappa shape index (κ2) is 8.47. The van der Waals surface area contributed by atoms with Crippen LogP contribution in [0.2, 0.25) is 0 Å². The average molecular weight is 431 g/mol. The number of carbonyl (C=O) groups excluding carboxylic acids is 1. The van der Waals surface area contributed by atoms with Crippen molar-refractivity contribution in [1.82, 2.24) is 9.21 Å². The zero-order chi connectivity index (χ0) is 21.2. The number of hydrogen-bond acceptors (Lipinski definition) is 4. The van der Waals surface area contributed by atoms with Crippen LogP contribution in [0, 0.1) is 23.3 Å². The largest absolute Gasteiger partial charge is 0.325 e. The van der Waals surface area contributed by atoms with E-state index in [0.717, 1.165) is 4.31 Å². The van der Waals surface area contributed by atoms with Crippen molar-refractivity contribution in [2.75, 3.05) is 38.0 Å². The van der Waals surface area contributed by atoms with Crippen LogP contribution in [0.4, 0.5) is 23.2 Å². The molecule has 1 aliphatic rings. The standard InChI is InChI=1S/C18H17F4N3O3S/c19-12-1-3-13(4-2-12)23-16(26)11-24-7-9-25(10-8-24)29(27,28)15-6-5-14(20)17(21)18(15)22/h1-6H,7-11H2,(H,23,26). The first-order valence-electron chi connectivity index (χ1n) is 8.60. The fourth-order valence-electron chi connectivity index (χ4n) is 2.91. The molecule has 1 aliphatic heterocycles. The van der Waals surface area contributed by atoms with Gasteiger partial charge in [-0.2, -0.15) is 4.31 Å². The van der Waals surface area contributed by atoms with Gasteiger partial charge < -0.3 is 5.32 Å². The highest BCUT2D eigenvalue weighted by atomic mass is 32.2. The van der Waals surface area contributed by atoms with Gasteiger partial charge in [0.25, 0.3) is 0 Å². The van der Waals surface area contributed by atoms with Crippen LogP contribution in [-0.2, 0) is 14.8 Å². The third kappa shape index (κ3) is 4.74. The van der Waals surface area contributed by atoms with Gasteiger partial charge in [-0.25, -0.2) is 26.0 Å². The van der Waals surface area contributed by atoms with Crippen LogP contribution in [0.25, 0.3) is 0 Å². The summed E-state index contributed by atoms with van der Waals surface area (Å²) in [5.74, 6) is -5.87. The van der Waals surface area contributed by atoms with Crippen molar-refractivity contribution in [2.45, 2.75) is 4.90 Å². The Morgan fingerprint density at radius 2 is 1.52 bits per heavy atom. The quantitative estimate of drug-likeness (QED) is 0.582. The van der Waals surface area contributed by atoms with Crippen molar-refractivity contribution in [1.29, 1.82) is 0 Å². The fraction of sp³-hybridized carbons (Fsp3) is 0.278. The molecule has 0 saturated carbocycles. The molecule has 1 fully saturated rings. The van der Waals surface area contributed by atoms with E-state index in [0.29, 0.717) is 17.8 Å². The summed E-state index contributed by atoms with van der Waals surface area (Å²) in [5.41, 5.74) is 0.423. The molecule has 6 nitrogen and oxygen atoms in total. The maximum atomic E-state index is 13.9. The number of nitrogens with one attached hydrogen (secondary N) is 1. The Hall–Kier alpha value is -2.50. The van der Waals surface area contributed by atoms with Gasteiger partial charge in [-0.3, -0.25) is 9.69 Å². The highest BCUT2D eigenvalue weighted by Crippen LogP contribution is 2.24. The number of sulfonamides is 1. The normalized spacial score (nSPS) is 16.0. The number of amides is 1. The lowest BCUT2D eigenvalue weighted by Crippen LogP contribution is -2.50. The molecule has 2 aromatic carbocycles. The Labute approximate surface area is 164 Å². The number of carbonyl (C=O) groups is 1. The molecule has 1 amide bonds. The van der Waals surface area contributed by atoms with Crippen molar-refractivity contribution >= 4 is 21.6 Å². The minimum atomic E-state index is -4.35. The number of halogens is 4. The summed E-state index contributed by atoms with van der Waals surface area (Å²) < 4.78 is 79.2. The van der Waals surface area contributed by atoms with E-state index in [4.69, 9.17) is 0 Å². The second-order valence-corrected chi connectivity index (χ2v) is 8.32. The molecule has 1 heterocycles. The van der Waals surface area contributed by atoms with Crippen LogP contribution in [0.3, 0.4) is 0 Å². The molecule has 1 N–H and O–H groups in total. The maximum Gasteiger partial charge on any atom is 0.246 e. The molecule has 3 rings (SSSR count). The molecule has 0 radical (unpaired) electrons. The van der Waals surface area contributed by atoms with Crippen molar-refractivity contribution in [2.24, 2.45) is 0 Å². The number of rotatable bonds is 5. The SMILES string of the molecule is O=C(CN1CCN(S(=O)(=O)c2ccc(F)c(F)c2F)CC1)Nc1ccc(F)cc1. The Kier molecular flexibility index (Phi) is 6.20. The smallest absolute Gasteiger partial charge is 0.246 e. The lowest BCUT2D eigenvalue weighted by molar-refractivity contribution is -0.117. The molecule has 0 spiro atoms. The van der Waals surface area contributed by atoms with Gasteiger partial charge in [-0.05, 0) is 36.4 Å². The lowest BCUT2D eigenvalue weighted by atomic mass is 10.3. The van der Waals surface area contributed by atoms with Gasteiger partial charge in [0, 0.05) is 31.9 Å². The predicted molar refractivity (Wildman–Crippen MR) is 96.5 cm³/mol. The summed E-state index contributed by atoms with van der Waals surface area (Å²) in [7, 11) is -4.35. The molecule has 156 valence electrons. The van der Waals surface area contributed by atoms with Gasteiger partial charge in [0.15, 0.2) is 17.5 Å². The van der Waals surface area contributed by atoms with E-state index >= 15 is 0 Å². The molecule has 0 aromatic heterocycles. The first-order valence-corrected chi connectivity index (χ1v) is 10.0. The Balaban J connectivity index is 1.59. The molecular weight excluding hydrogens is 414 g/mol. The molecule has 29 heavy (non-hydrogen) atoms. The molecule has 2 aromatic rings. The number of benzene rings is 2. The van der Waals surface area contributed by atoms with E-state index in [2.05, 4.69) is 5.32 Å². The zero-order valence-electron chi connectivity index (χ0n) is 15.0. The number of hydrogen-bond donors (Lipinski definition) is 1. The highest BCUT2D eigenvalue weighted by Gasteiger charge is 2.32. The van der Waals surface area contributed by atoms with Gasteiger partial charge in [0.2, 0.25) is 15.9 Å². The molecule has 0 atom stereocenters. The van der Waals surface area contributed by atoms with Crippen LogP contribution >= 0.6 is 0 Å². The van der Waals surface area contributed by atoms with Crippen LogP contribution in [0.15, 0.2) is 41.3 Å². The van der Waals surface area contributed by atoms with E-state index in [9.17, 15) is 30.8 Å². The first-order chi connectivity index (χ1) is 13.7. The van der Waals surface area contributed by atoms with Gasteiger partial charge in [0.05, 0.1) is 6.54 Å². The summed E-state index contributed by atoms with van der Waals surface area (Å²) in [4.78, 5) is 12.8. The number of anilines is 1. The second-order valence-electron chi connectivity index (χ2n) is 6.41. The maximum absolute atomic E-state index is 13.9. The third-order valence-corrected chi connectivity index (χ3v) is 6.36. The van der Waals surface area contributed by atoms with E-state index in [-0.39, 0.29) is 38.6 Å². The van der Waals surface area contributed by atoms with Gasteiger partial charge >= 0.3 is 0 Å². The lowest BCUT2D eigenvalue weighted by Gasteiger charge is -2.33. The van der Waals surface area contributed by atoms with Crippen LogP contribution in [0.5, 0.6) is 0 Å². The van der Waals surface area contributed by atoms with E-state index in [1.807, 2.05) is 0 Å². The summed E-state index contributed by atoms with van der Waals surface area (Å²) in [6.07, 6.45) is 0. The highest BCUT2D eigenvalue weighted by molar-refractivity contribution is 7.89. The summed E-state index contributed by atoms with van der Waals surface area (Å²) >= 11 is 0. The van der Waals surface area contributed by atoms with E-state index in [1.54, 1.807) is 4.90 Å². The first kappa shape index (κ1) is 21.2. The number of nitrogens with zero attached hydrogens (tertiary/aromatic N) is 2. The van der Waals surface area contributed by atoms with Crippen LogP contribution in [0.1, 0.15) is 0 Å². The fourth-order valence-corrected chi connectivity index (χ4v) is 4.39. The van der Waals surface area contributed by atoms with Gasteiger partial charge in [-0.1, -0.05) is 0 Å². The Morgan fingerprint density at radius 3 is 2.14 bits per heavy atom. The summed E-state index contributed by atoms with van der Waals surface area (Å²) in [6.45, 7) is 0.239. The third-order valence-electron chi connectivity index (χ3n) is 4.44. The van der Waals surface area contributed by atoms with Crippen molar-refractivity contribution in [3.05, 3.63) is 59.7 Å². The Bertz CT molecular complexity index is 1010.